The van der Waals surface area contributed by atoms with Gasteiger partial charge >= 0.3 is 0 Å². The van der Waals surface area contributed by atoms with Crippen molar-refractivity contribution in [3.63, 3.8) is 0 Å². The monoisotopic (exact) mass is 719 g/mol. The molecule has 2 aliphatic rings. The average Bonchev–Trinajstić information content (AvgIpc) is 3.77. The van der Waals surface area contributed by atoms with Crippen LogP contribution in [0.1, 0.15) is 40.9 Å². The molecule has 6 rings (SSSR count). The van der Waals surface area contributed by atoms with Crippen LogP contribution in [0.25, 0.3) is 22.5 Å². The zero-order chi connectivity index (χ0) is 35.2. The Kier molecular flexibility index (Phi) is 11.5. The number of methoxy groups -OCH3 is 3. The van der Waals surface area contributed by atoms with E-state index in [1.165, 1.54) is 0 Å². The third-order valence-corrected chi connectivity index (χ3v) is 9.73. The van der Waals surface area contributed by atoms with Crippen LogP contribution < -0.4 is 25.4 Å². The Morgan fingerprint density at radius 2 is 1.88 bits per heavy atom. The summed E-state index contributed by atoms with van der Waals surface area (Å²) in [6, 6.07) is 12.6. The van der Waals surface area contributed by atoms with Crippen LogP contribution in [0.3, 0.4) is 0 Å². The summed E-state index contributed by atoms with van der Waals surface area (Å²) < 4.78 is 16.7. The number of anilines is 1. The third kappa shape index (κ3) is 8.00. The number of nitrogens with zero attached hydrogens (tertiary/aromatic N) is 4. The van der Waals surface area contributed by atoms with E-state index < -0.39 is 5.91 Å². The highest BCUT2D eigenvalue weighted by molar-refractivity contribution is 6.39. The molecule has 0 bridgehead atoms. The molecule has 12 nitrogen and oxygen atoms in total. The first-order chi connectivity index (χ1) is 24.3. The number of likely N-dealkylation sites (tertiary alicyclic amines) is 1. The Balaban J connectivity index is 1.17. The van der Waals surface area contributed by atoms with Crippen molar-refractivity contribution in [3.8, 4) is 34.1 Å². The molecule has 3 N–H and O–H groups in total. The number of benzene rings is 1. The van der Waals surface area contributed by atoms with E-state index in [-0.39, 0.29) is 28.8 Å². The van der Waals surface area contributed by atoms with E-state index in [2.05, 4.69) is 30.8 Å². The second-order valence-electron chi connectivity index (χ2n) is 12.2. The van der Waals surface area contributed by atoms with Gasteiger partial charge in [0, 0.05) is 93.0 Å². The highest BCUT2D eigenvalue weighted by atomic mass is 35.5. The van der Waals surface area contributed by atoms with Gasteiger partial charge in [-0.2, -0.15) is 0 Å². The lowest BCUT2D eigenvalue weighted by Crippen LogP contribution is -2.35. The Morgan fingerprint density at radius 1 is 1.02 bits per heavy atom. The number of ether oxygens (including phenoxy) is 3. The van der Waals surface area contributed by atoms with Gasteiger partial charge in [-0.15, -0.1) is 0 Å². The van der Waals surface area contributed by atoms with E-state index in [1.807, 2.05) is 12.1 Å². The van der Waals surface area contributed by atoms with Gasteiger partial charge in [0.15, 0.2) is 0 Å². The molecule has 262 valence electrons. The molecule has 0 radical (unpaired) electrons. The van der Waals surface area contributed by atoms with Crippen molar-refractivity contribution in [1.29, 1.82) is 0 Å². The summed E-state index contributed by atoms with van der Waals surface area (Å²) in [7, 11) is 4.87. The van der Waals surface area contributed by atoms with Crippen LogP contribution in [-0.2, 0) is 22.6 Å². The summed E-state index contributed by atoms with van der Waals surface area (Å²) in [5, 5.41) is 9.81. The predicted octanol–water partition coefficient (Wildman–Crippen LogP) is 5.37. The first-order valence-electron chi connectivity index (χ1n) is 16.3. The van der Waals surface area contributed by atoms with Gasteiger partial charge in [0.05, 0.1) is 47.4 Å². The van der Waals surface area contributed by atoms with Crippen molar-refractivity contribution in [2.45, 2.75) is 44.5 Å². The average molecular weight is 721 g/mol. The van der Waals surface area contributed by atoms with E-state index in [0.717, 1.165) is 37.1 Å². The molecular formula is C36H39Cl2N7O5. The molecule has 0 unspecified atom stereocenters. The van der Waals surface area contributed by atoms with Gasteiger partial charge in [0.1, 0.15) is 11.4 Å². The lowest BCUT2D eigenvalue weighted by Gasteiger charge is -2.18. The molecule has 2 saturated heterocycles. The lowest BCUT2D eigenvalue weighted by atomic mass is 10.1. The van der Waals surface area contributed by atoms with Crippen molar-refractivity contribution >= 4 is 40.7 Å². The number of carbonyl (C=O) groups is 2. The molecule has 1 aromatic carbocycles. The van der Waals surface area contributed by atoms with Crippen LogP contribution in [0.2, 0.25) is 10.0 Å². The number of amides is 2. The van der Waals surface area contributed by atoms with Crippen LogP contribution in [0.15, 0.2) is 54.9 Å². The molecule has 14 heteroatoms. The molecule has 2 fully saturated rings. The van der Waals surface area contributed by atoms with Crippen molar-refractivity contribution in [1.82, 2.24) is 30.5 Å². The van der Waals surface area contributed by atoms with Crippen LogP contribution in [0.4, 0.5) is 5.69 Å². The Labute approximate surface area is 300 Å². The molecule has 0 aliphatic carbocycles. The van der Waals surface area contributed by atoms with Gasteiger partial charge in [-0.1, -0.05) is 41.4 Å². The molecular weight excluding hydrogens is 681 g/mol. The van der Waals surface area contributed by atoms with E-state index in [1.54, 1.807) is 64.1 Å². The second kappa shape index (κ2) is 16.1. The number of pyridine rings is 3. The zero-order valence-corrected chi connectivity index (χ0v) is 29.6. The lowest BCUT2D eigenvalue weighted by molar-refractivity contribution is -0.119. The summed E-state index contributed by atoms with van der Waals surface area (Å²) in [5.41, 5.74) is 4.50. The highest BCUT2D eigenvalue weighted by Gasteiger charge is 2.25. The third-order valence-electron chi connectivity index (χ3n) is 8.94. The van der Waals surface area contributed by atoms with Crippen LogP contribution in [0.5, 0.6) is 11.6 Å². The van der Waals surface area contributed by atoms with E-state index >= 15 is 0 Å². The van der Waals surface area contributed by atoms with Crippen molar-refractivity contribution < 1.29 is 23.8 Å². The smallest absolute Gasteiger partial charge is 0.274 e. The fourth-order valence-corrected chi connectivity index (χ4v) is 6.81. The van der Waals surface area contributed by atoms with Gasteiger partial charge in [-0.25, -0.2) is 4.98 Å². The van der Waals surface area contributed by atoms with E-state index in [9.17, 15) is 9.59 Å². The Morgan fingerprint density at radius 3 is 2.62 bits per heavy atom. The van der Waals surface area contributed by atoms with Gasteiger partial charge in [0.2, 0.25) is 11.8 Å². The Hall–Kier alpha value is -4.33. The largest absolute Gasteiger partial charge is 0.496 e. The van der Waals surface area contributed by atoms with Gasteiger partial charge in [-0.3, -0.25) is 24.5 Å². The van der Waals surface area contributed by atoms with Crippen LogP contribution in [0, 0.1) is 0 Å². The molecule has 5 heterocycles. The van der Waals surface area contributed by atoms with E-state index in [4.69, 9.17) is 42.4 Å². The number of aromatic nitrogens is 3. The normalized spacial score (nSPS) is 17.5. The fourth-order valence-electron chi connectivity index (χ4n) is 6.24. The molecule has 0 spiro atoms. The number of hydrogen-bond acceptors (Lipinski definition) is 10. The SMILES string of the molecule is COc1cc(C(=O)Nc2cccc(-c3nccc(-c4ccc(CNC[C@@H]5CCC(=O)N5)c(OC)n4)c3Cl)c2Cl)ncc1CN1CC[C@@H](OC)C1. The molecule has 2 amide bonds. The van der Waals surface area contributed by atoms with Gasteiger partial charge < -0.3 is 30.2 Å². The minimum absolute atomic E-state index is 0.0842. The second-order valence-corrected chi connectivity index (χ2v) is 13.0. The Bertz CT molecular complexity index is 1880. The number of nitrogens with one attached hydrogen (secondary N) is 3. The van der Waals surface area contributed by atoms with Gasteiger partial charge in [0.25, 0.3) is 5.91 Å². The van der Waals surface area contributed by atoms with E-state index in [0.29, 0.717) is 70.9 Å². The zero-order valence-electron chi connectivity index (χ0n) is 28.1. The summed E-state index contributed by atoms with van der Waals surface area (Å²) >= 11 is 13.8. The first-order valence-corrected chi connectivity index (χ1v) is 17.1. The number of carbonyl (C=O) groups excluding carboxylic acids is 2. The molecule has 0 saturated carbocycles. The minimum atomic E-state index is -0.443. The van der Waals surface area contributed by atoms with Crippen molar-refractivity contribution in [2.75, 3.05) is 46.3 Å². The van der Waals surface area contributed by atoms with Crippen LogP contribution in [-0.4, -0.2) is 84.8 Å². The summed E-state index contributed by atoms with van der Waals surface area (Å²) in [6.45, 7) is 3.57. The maximum atomic E-state index is 13.4. The molecule has 4 aromatic rings. The minimum Gasteiger partial charge on any atom is -0.496 e. The standard InChI is InChI=1S/C36H39Cl2N7O5/c1-48-24-12-14-45(20-24)19-22-17-41-29(15-30(22)49-2)35(47)43-28-6-4-5-26(32(28)37)34-33(38)25(11-13-40-34)27-9-7-21(36(44-27)50-3)16-39-18-23-8-10-31(46)42-23/h4-7,9,11,13,15,17,23-24,39H,8,10,12,14,16,18-20H2,1-3H3,(H,42,46)(H,43,47)/t23-,24+/m0/s1. The summed E-state index contributed by atoms with van der Waals surface area (Å²) in [4.78, 5) is 40.8. The number of hydrogen-bond donors (Lipinski definition) is 3. The first kappa shape index (κ1) is 35.5. The fraction of sp³-hybridized carbons (Fsp3) is 0.361. The molecule has 50 heavy (non-hydrogen) atoms. The number of rotatable bonds is 13. The predicted molar refractivity (Wildman–Crippen MR) is 192 cm³/mol. The summed E-state index contributed by atoms with van der Waals surface area (Å²) in [6.07, 6.45) is 5.86. The van der Waals surface area contributed by atoms with Gasteiger partial charge in [-0.05, 0) is 31.0 Å². The maximum Gasteiger partial charge on any atom is 0.274 e. The molecule has 2 aliphatic heterocycles. The topological polar surface area (TPSA) is 140 Å². The quantitative estimate of drug-likeness (QED) is 0.165. The van der Waals surface area contributed by atoms with Crippen molar-refractivity contribution in [2.24, 2.45) is 0 Å². The number of halogens is 2. The highest BCUT2D eigenvalue weighted by Crippen LogP contribution is 2.40. The molecule has 3 aromatic heterocycles. The van der Waals surface area contributed by atoms with Crippen LogP contribution >= 0.6 is 23.2 Å². The maximum absolute atomic E-state index is 13.4. The molecule has 2 atom stereocenters. The van der Waals surface area contributed by atoms with Crippen molar-refractivity contribution in [3.05, 3.63) is 81.7 Å². The summed E-state index contributed by atoms with van der Waals surface area (Å²) in [5.74, 6) is 0.672.